The van der Waals surface area contributed by atoms with Gasteiger partial charge in [0.1, 0.15) is 12.4 Å². The molecule has 0 aliphatic carbocycles. The number of hydrogen-bond acceptors (Lipinski definition) is 6. The van der Waals surface area contributed by atoms with Gasteiger partial charge in [-0.1, -0.05) is 27.4 Å². The highest BCUT2D eigenvalue weighted by molar-refractivity contribution is 8.05. The van der Waals surface area contributed by atoms with Crippen LogP contribution in [0.1, 0.15) is 25.5 Å². The van der Waals surface area contributed by atoms with E-state index in [0.29, 0.717) is 0 Å². The zero-order valence-corrected chi connectivity index (χ0v) is 19.3. The van der Waals surface area contributed by atoms with Gasteiger partial charge in [-0.05, 0) is 0 Å². The predicted octanol–water partition coefficient (Wildman–Crippen LogP) is 0.500. The zero-order chi connectivity index (χ0) is 26.4. The van der Waals surface area contributed by atoms with E-state index >= 15 is 0 Å². The lowest BCUT2D eigenvalue weighted by atomic mass is 10.5. The lowest BCUT2D eigenvalue weighted by Crippen LogP contribution is -2.45. The zero-order valence-electron chi connectivity index (χ0n) is 17.6. The number of sulfonamides is 2. The van der Waals surface area contributed by atoms with Gasteiger partial charge in [-0.3, -0.25) is 0 Å². The summed E-state index contributed by atoms with van der Waals surface area (Å²) >= 11 is 0. The number of nitrogens with one attached hydrogen (secondary N) is 1. The van der Waals surface area contributed by atoms with Crippen LogP contribution in [0.3, 0.4) is 0 Å². The van der Waals surface area contributed by atoms with E-state index in [2.05, 4.69) is 0 Å². The Balaban J connectivity index is 0.000000489. The highest BCUT2D eigenvalue weighted by Crippen LogP contribution is 2.27. The normalized spacial score (nSPS) is 12.4. The molecule has 2 rings (SSSR count). The van der Waals surface area contributed by atoms with Crippen molar-refractivity contribution >= 4 is 20.0 Å². The summed E-state index contributed by atoms with van der Waals surface area (Å²) in [6.45, 7) is 4.00. The Labute approximate surface area is 185 Å². The van der Waals surface area contributed by atoms with Crippen LogP contribution in [0.15, 0.2) is 24.8 Å². The number of nitrogens with zero attached hydrogens (tertiary/aromatic N) is 4. The summed E-state index contributed by atoms with van der Waals surface area (Å²) < 4.78 is 114. The van der Waals surface area contributed by atoms with Gasteiger partial charge in [-0.25, -0.2) is 26.0 Å². The average Bonchev–Trinajstić information content (AvgIpc) is 3.13. The quantitative estimate of drug-likeness (QED) is 0.296. The summed E-state index contributed by atoms with van der Waals surface area (Å²) in [5, 5.41) is 18.1. The predicted molar refractivity (Wildman–Crippen MR) is 97.4 cm³/mol. The van der Waals surface area contributed by atoms with Crippen LogP contribution in [0, 0.1) is 0 Å². The molecule has 0 radical (unpaired) electrons. The minimum absolute atomic E-state index is 0.493. The van der Waals surface area contributed by atoms with Gasteiger partial charge in [0, 0.05) is 0 Å². The fraction of sp³-hybridized carbons (Fsp3) is 0.571. The number of alkyl halides is 6. The second kappa shape index (κ2) is 11.1. The van der Waals surface area contributed by atoms with Crippen molar-refractivity contribution in [3.63, 3.8) is 0 Å². The molecule has 0 aliphatic heterocycles. The number of aryl methyl sites for hydroxylation is 2. The Bertz CT molecular complexity index is 995. The summed E-state index contributed by atoms with van der Waals surface area (Å²) in [7, 11) is -9.38. The maximum absolute atomic E-state index is 11.5. The van der Waals surface area contributed by atoms with E-state index in [1.54, 1.807) is 12.4 Å². The van der Waals surface area contributed by atoms with Crippen molar-refractivity contribution < 1.29 is 63.1 Å². The molecule has 0 amide bonds. The van der Waals surface area contributed by atoms with Crippen LogP contribution in [0.2, 0.25) is 0 Å². The smallest absolute Gasteiger partial charge is 0.350 e. The van der Waals surface area contributed by atoms with Crippen LogP contribution in [0.4, 0.5) is 26.3 Å². The third-order valence-electron chi connectivity index (χ3n) is 3.67. The largest absolute Gasteiger partial charge is 0.512 e. The fourth-order valence-electron chi connectivity index (χ4n) is 2.06. The molecule has 192 valence electrons. The minimum atomic E-state index is -6.60. The van der Waals surface area contributed by atoms with Crippen molar-refractivity contribution in [2.75, 3.05) is 0 Å². The van der Waals surface area contributed by atoms with Crippen LogP contribution in [0.5, 0.6) is 0 Å². The van der Waals surface area contributed by atoms with Crippen LogP contribution in [-0.4, -0.2) is 47.4 Å². The number of hydrogen-bond donors (Lipinski definition) is 3. The topological polar surface area (TPSA) is 138 Å². The van der Waals surface area contributed by atoms with Crippen molar-refractivity contribution in [3.8, 4) is 0 Å². The number of halogens is 6. The second-order valence-electron chi connectivity index (χ2n) is 6.03. The van der Waals surface area contributed by atoms with E-state index in [1.165, 1.54) is 0 Å². The molecule has 2 aromatic heterocycles. The Morgan fingerprint density at radius 2 is 1.06 bits per heavy atom. The standard InChI is InChI=1S/2C6H11N2O.C2HF6NO4S2/c2*1-3-6-7(2)4-5-8(6)9;3-1(4,5)14(10,11)9-15(12,13)2(6,7)8/h2*4-5,9H,3H2,1-2H3;9H/q2*+1;. The maximum atomic E-state index is 11.5. The molecule has 0 spiro atoms. The van der Waals surface area contributed by atoms with E-state index in [4.69, 9.17) is 10.4 Å². The summed E-state index contributed by atoms with van der Waals surface area (Å²) in [5.74, 6) is 1.82. The molecule has 19 heteroatoms. The summed E-state index contributed by atoms with van der Waals surface area (Å²) in [5.41, 5.74) is -12.3. The Morgan fingerprint density at radius 1 is 0.788 bits per heavy atom. The first-order chi connectivity index (χ1) is 14.7. The first-order valence-electron chi connectivity index (χ1n) is 8.63. The molecular weight excluding hydrogens is 512 g/mol. The van der Waals surface area contributed by atoms with Crippen LogP contribution in [-0.2, 0) is 47.0 Å². The first kappa shape index (κ1) is 30.5. The van der Waals surface area contributed by atoms with Crippen molar-refractivity contribution in [3.05, 3.63) is 36.4 Å². The molecule has 0 aromatic carbocycles. The van der Waals surface area contributed by atoms with Gasteiger partial charge < -0.3 is 10.4 Å². The van der Waals surface area contributed by atoms with Crippen molar-refractivity contribution in [1.82, 2.24) is 13.3 Å². The summed E-state index contributed by atoms with van der Waals surface area (Å²) in [6.07, 6.45) is 8.58. The van der Waals surface area contributed by atoms with Crippen LogP contribution in [0.25, 0.3) is 0 Å². The van der Waals surface area contributed by atoms with Gasteiger partial charge in [0.15, 0.2) is 12.4 Å². The molecule has 0 saturated carbocycles. The Kier molecular flexibility index (Phi) is 10.2. The average molecular weight is 535 g/mol. The molecule has 0 atom stereocenters. The third-order valence-corrected chi connectivity index (χ3v) is 6.64. The monoisotopic (exact) mass is 535 g/mol. The van der Waals surface area contributed by atoms with E-state index in [0.717, 1.165) is 34.0 Å². The SMILES string of the molecule is CCc1n(C)cc[n+]1O.CCc1n(C)cc[n+]1O.O=S(=O)(NS(=O)(=O)C(F)(F)F)C(F)(F)F. The highest BCUT2D eigenvalue weighted by Gasteiger charge is 2.55. The van der Waals surface area contributed by atoms with Gasteiger partial charge in [0.25, 0.3) is 11.6 Å². The third kappa shape index (κ3) is 8.39. The van der Waals surface area contributed by atoms with Crippen molar-refractivity contribution in [1.29, 1.82) is 0 Å². The number of imidazole rings is 2. The van der Waals surface area contributed by atoms with Crippen LogP contribution < -0.4 is 13.6 Å². The molecule has 33 heavy (non-hydrogen) atoms. The molecule has 3 N–H and O–H groups in total. The van der Waals surface area contributed by atoms with Crippen molar-refractivity contribution in [2.24, 2.45) is 14.1 Å². The number of rotatable bonds is 4. The van der Waals surface area contributed by atoms with Crippen molar-refractivity contribution in [2.45, 2.75) is 37.7 Å². The fourth-order valence-corrected chi connectivity index (χ4v) is 3.97. The summed E-state index contributed by atoms with van der Waals surface area (Å²) in [4.78, 5) is 0. The van der Waals surface area contributed by atoms with Gasteiger partial charge in [-0.2, -0.15) is 26.3 Å². The molecule has 0 bridgehead atoms. The van der Waals surface area contributed by atoms with E-state index in [1.807, 2.05) is 49.5 Å². The molecule has 2 heterocycles. The molecule has 0 fully saturated rings. The number of aromatic nitrogens is 4. The van der Waals surface area contributed by atoms with Gasteiger partial charge >= 0.3 is 31.1 Å². The second-order valence-corrected chi connectivity index (χ2v) is 9.63. The lowest BCUT2D eigenvalue weighted by Gasteiger charge is -2.11. The molecular formula is C14H23F6N5O6S2+2. The molecule has 11 nitrogen and oxygen atoms in total. The molecule has 2 aromatic rings. The van der Waals surface area contributed by atoms with Gasteiger partial charge in [0.05, 0.1) is 26.9 Å². The molecule has 0 unspecified atom stereocenters. The summed E-state index contributed by atoms with van der Waals surface area (Å²) in [6, 6.07) is 0. The van der Waals surface area contributed by atoms with E-state index in [9.17, 15) is 43.2 Å². The maximum Gasteiger partial charge on any atom is 0.512 e. The Morgan fingerprint density at radius 3 is 1.18 bits per heavy atom. The van der Waals surface area contributed by atoms with E-state index in [-0.39, 0.29) is 0 Å². The Hall–Kier alpha value is -2.54. The van der Waals surface area contributed by atoms with Gasteiger partial charge in [-0.15, -0.1) is 0 Å². The first-order valence-corrected chi connectivity index (χ1v) is 11.6. The van der Waals surface area contributed by atoms with Gasteiger partial charge in [0.2, 0.25) is 0 Å². The minimum Gasteiger partial charge on any atom is -0.350 e. The van der Waals surface area contributed by atoms with Crippen LogP contribution >= 0.6 is 0 Å². The molecule has 0 aliphatic rings. The molecule has 0 saturated heterocycles. The highest BCUT2D eigenvalue weighted by atomic mass is 32.3. The van der Waals surface area contributed by atoms with E-state index < -0.39 is 35.2 Å². The lowest BCUT2D eigenvalue weighted by molar-refractivity contribution is -0.909.